The van der Waals surface area contributed by atoms with Crippen LogP contribution in [0, 0.1) is 0 Å². The van der Waals surface area contributed by atoms with E-state index in [4.69, 9.17) is 9.47 Å². The van der Waals surface area contributed by atoms with Crippen LogP contribution in [-0.4, -0.2) is 47.7 Å². The lowest BCUT2D eigenvalue weighted by Crippen LogP contribution is -2.39. The van der Waals surface area contributed by atoms with Crippen LogP contribution in [-0.2, 0) is 17.7 Å². The number of hydrogen-bond acceptors (Lipinski definition) is 5. The van der Waals surface area contributed by atoms with Crippen LogP contribution in [0.3, 0.4) is 0 Å². The first-order valence-electron chi connectivity index (χ1n) is 8.17. The minimum Gasteiger partial charge on any atom is -0.395 e. The van der Waals surface area contributed by atoms with E-state index in [1.807, 2.05) is 0 Å². The van der Waals surface area contributed by atoms with Crippen LogP contribution < -0.4 is 9.47 Å². The predicted molar refractivity (Wildman–Crippen MR) is 85.7 cm³/mol. The van der Waals surface area contributed by atoms with E-state index in [0.717, 1.165) is 24.2 Å². The molecular formula is C17H19F2N3O3. The summed E-state index contributed by atoms with van der Waals surface area (Å²) in [6.07, 6.45) is -2.83. The normalized spacial score (nSPS) is 19.7. The molecule has 0 bridgehead atoms. The van der Waals surface area contributed by atoms with Gasteiger partial charge in [-0.05, 0) is 19.1 Å². The summed E-state index contributed by atoms with van der Waals surface area (Å²) < 4.78 is 41.4. The Hall–Kier alpha value is -2.19. The van der Waals surface area contributed by atoms with E-state index < -0.39 is 6.29 Å². The number of fused-ring (bicyclic) bond motifs is 2. The van der Waals surface area contributed by atoms with E-state index in [9.17, 15) is 8.78 Å². The first kappa shape index (κ1) is 16.3. The molecule has 4 rings (SSSR count). The first-order chi connectivity index (χ1) is 12.0. The van der Waals surface area contributed by atoms with Crippen molar-refractivity contribution >= 4 is 0 Å². The van der Waals surface area contributed by atoms with E-state index in [1.54, 1.807) is 19.2 Å². The second-order valence-corrected chi connectivity index (χ2v) is 6.35. The maximum absolute atomic E-state index is 13.5. The number of nitrogens with zero attached hydrogens (tertiary/aromatic N) is 2. The number of para-hydroxylation sites is 1. The van der Waals surface area contributed by atoms with Crippen molar-refractivity contribution in [1.29, 1.82) is 0 Å². The second-order valence-electron chi connectivity index (χ2n) is 6.35. The largest absolute Gasteiger partial charge is 0.586 e. The van der Waals surface area contributed by atoms with E-state index >= 15 is 0 Å². The zero-order valence-electron chi connectivity index (χ0n) is 14.0. The quantitative estimate of drug-likeness (QED) is 0.918. The minimum absolute atomic E-state index is 0.0275. The molecule has 0 fully saturated rings. The monoisotopic (exact) mass is 351 g/mol. The Morgan fingerprint density at radius 1 is 1.40 bits per heavy atom. The molecule has 8 heteroatoms. The van der Waals surface area contributed by atoms with Gasteiger partial charge in [-0.2, -0.15) is 5.10 Å². The van der Waals surface area contributed by atoms with Crippen LogP contribution in [0.25, 0.3) is 11.3 Å². The fourth-order valence-corrected chi connectivity index (χ4v) is 3.42. The molecule has 1 N–H and O–H groups in total. The zero-order chi connectivity index (χ0) is 17.6. The Morgan fingerprint density at radius 2 is 2.24 bits per heavy atom. The van der Waals surface area contributed by atoms with Crippen LogP contribution in [0.1, 0.15) is 18.2 Å². The summed E-state index contributed by atoms with van der Waals surface area (Å²) in [6.45, 7) is 4.30. The van der Waals surface area contributed by atoms with Gasteiger partial charge in [-0.1, -0.05) is 6.07 Å². The maximum Gasteiger partial charge on any atom is 0.586 e. The Morgan fingerprint density at radius 3 is 3.04 bits per heavy atom. The third-order valence-electron chi connectivity index (χ3n) is 4.68. The van der Waals surface area contributed by atoms with E-state index in [1.165, 1.54) is 6.07 Å². The Labute approximate surface area is 143 Å². The van der Waals surface area contributed by atoms with E-state index in [0.29, 0.717) is 24.4 Å². The van der Waals surface area contributed by atoms with Gasteiger partial charge in [0, 0.05) is 49.5 Å². The van der Waals surface area contributed by atoms with Crippen molar-refractivity contribution in [1.82, 2.24) is 15.1 Å². The van der Waals surface area contributed by atoms with E-state index in [2.05, 4.69) is 26.8 Å². The van der Waals surface area contributed by atoms with Gasteiger partial charge in [0.25, 0.3) is 0 Å². The highest BCUT2D eigenvalue weighted by Crippen LogP contribution is 2.47. The number of alkyl halides is 2. The molecule has 0 saturated heterocycles. The molecule has 1 aromatic carbocycles. The molecule has 0 spiro atoms. The number of ether oxygens (including phenoxy) is 3. The summed E-state index contributed by atoms with van der Waals surface area (Å²) in [6, 6.07) is 5.10. The fraction of sp³-hybridized carbons (Fsp3) is 0.471. The number of nitrogens with one attached hydrogen (secondary N) is 1. The molecule has 2 aliphatic rings. The van der Waals surface area contributed by atoms with Crippen molar-refractivity contribution in [2.45, 2.75) is 32.2 Å². The van der Waals surface area contributed by atoms with Crippen molar-refractivity contribution in [3.8, 4) is 22.8 Å². The average molecular weight is 351 g/mol. The Balaban J connectivity index is 1.69. The highest BCUT2D eigenvalue weighted by Gasteiger charge is 2.45. The van der Waals surface area contributed by atoms with Crippen LogP contribution >= 0.6 is 0 Å². The number of halogens is 2. The predicted octanol–water partition coefficient (Wildman–Crippen LogP) is 2.79. The number of aromatic amines is 1. The molecule has 25 heavy (non-hydrogen) atoms. The second kappa shape index (κ2) is 5.96. The summed E-state index contributed by atoms with van der Waals surface area (Å²) in [4.78, 5) is 2.29. The van der Waals surface area contributed by atoms with Gasteiger partial charge in [-0.3, -0.25) is 10.00 Å². The maximum atomic E-state index is 13.5. The average Bonchev–Trinajstić information content (AvgIpc) is 3.13. The molecule has 134 valence electrons. The van der Waals surface area contributed by atoms with Crippen molar-refractivity contribution in [2.24, 2.45) is 0 Å². The number of benzene rings is 1. The van der Waals surface area contributed by atoms with Gasteiger partial charge in [0.05, 0.1) is 6.61 Å². The molecule has 0 unspecified atom stereocenters. The molecule has 0 amide bonds. The zero-order valence-corrected chi connectivity index (χ0v) is 14.0. The number of aromatic nitrogens is 2. The summed E-state index contributed by atoms with van der Waals surface area (Å²) >= 11 is 0. The van der Waals surface area contributed by atoms with Gasteiger partial charge in [0.2, 0.25) is 0 Å². The van der Waals surface area contributed by atoms with Crippen molar-refractivity contribution in [3.63, 3.8) is 0 Å². The van der Waals surface area contributed by atoms with Gasteiger partial charge in [0.1, 0.15) is 5.69 Å². The van der Waals surface area contributed by atoms with Crippen LogP contribution in [0.15, 0.2) is 18.2 Å². The highest BCUT2D eigenvalue weighted by molar-refractivity contribution is 5.74. The smallest absolute Gasteiger partial charge is 0.395 e. The van der Waals surface area contributed by atoms with Gasteiger partial charge in [0.15, 0.2) is 11.5 Å². The third-order valence-corrected chi connectivity index (χ3v) is 4.68. The Kier molecular flexibility index (Phi) is 3.88. The molecule has 1 atom stereocenters. The number of methoxy groups -OCH3 is 1. The van der Waals surface area contributed by atoms with Gasteiger partial charge in [-0.25, -0.2) is 0 Å². The van der Waals surface area contributed by atoms with Crippen LogP contribution in [0.4, 0.5) is 8.78 Å². The third kappa shape index (κ3) is 2.85. The van der Waals surface area contributed by atoms with Crippen LogP contribution in [0.5, 0.6) is 11.5 Å². The van der Waals surface area contributed by atoms with Crippen molar-refractivity contribution < 1.29 is 23.0 Å². The number of H-pyrrole nitrogens is 1. The van der Waals surface area contributed by atoms with E-state index in [-0.39, 0.29) is 17.5 Å². The molecule has 2 aliphatic heterocycles. The summed E-state index contributed by atoms with van der Waals surface area (Å²) in [5.74, 6) is 0.0588. The molecular weight excluding hydrogens is 332 g/mol. The number of rotatable bonds is 4. The molecule has 0 saturated carbocycles. The lowest BCUT2D eigenvalue weighted by Gasteiger charge is -2.32. The molecule has 3 heterocycles. The Bertz CT molecular complexity index is 793. The lowest BCUT2D eigenvalue weighted by atomic mass is 9.99. The number of hydrogen-bond donors (Lipinski definition) is 1. The summed E-state index contributed by atoms with van der Waals surface area (Å²) in [5, 5.41) is 7.41. The molecule has 2 aromatic rings. The minimum atomic E-state index is -3.65. The molecule has 0 aliphatic carbocycles. The molecule has 6 nitrogen and oxygen atoms in total. The van der Waals surface area contributed by atoms with Crippen LogP contribution in [0.2, 0.25) is 0 Å². The molecule has 0 radical (unpaired) electrons. The van der Waals surface area contributed by atoms with Crippen molar-refractivity contribution in [2.75, 3.05) is 20.3 Å². The summed E-state index contributed by atoms with van der Waals surface area (Å²) in [7, 11) is 1.68. The first-order valence-corrected chi connectivity index (χ1v) is 8.17. The summed E-state index contributed by atoms with van der Waals surface area (Å²) in [5.41, 5.74) is 3.16. The van der Waals surface area contributed by atoms with Gasteiger partial charge >= 0.3 is 6.29 Å². The topological polar surface area (TPSA) is 59.6 Å². The fourth-order valence-electron chi connectivity index (χ4n) is 3.42. The highest BCUT2D eigenvalue weighted by atomic mass is 19.3. The SMILES string of the molecule is COC[C@@H](C)N1CCc2[nH]nc(-c3cccc4c3OC(F)(F)O4)c2C1. The molecule has 1 aromatic heterocycles. The van der Waals surface area contributed by atoms with Gasteiger partial charge < -0.3 is 14.2 Å². The van der Waals surface area contributed by atoms with Gasteiger partial charge in [-0.15, -0.1) is 8.78 Å². The van der Waals surface area contributed by atoms with Crippen molar-refractivity contribution in [3.05, 3.63) is 29.5 Å². The standard InChI is InChI=1S/C17H19F2N3O3/c1-10(9-23-2)22-7-6-13-12(8-22)15(21-20-13)11-4-3-5-14-16(11)25-17(18,19)24-14/h3-5,10H,6-9H2,1-2H3,(H,20,21)/t10-/m1/s1. The lowest BCUT2D eigenvalue weighted by molar-refractivity contribution is -0.286.